The maximum Gasteiger partial charge on any atom is 0.142 e. The third-order valence-corrected chi connectivity index (χ3v) is 6.29. The molecule has 1 spiro atoms. The highest BCUT2D eigenvalue weighted by Crippen LogP contribution is 2.30. The van der Waals surface area contributed by atoms with Crippen molar-refractivity contribution in [2.75, 3.05) is 46.0 Å². The molecule has 0 bridgehead atoms. The summed E-state index contributed by atoms with van der Waals surface area (Å²) in [6.07, 6.45) is 6.84. The minimum Gasteiger partial charge on any atom is -0.385 e. The van der Waals surface area contributed by atoms with Crippen LogP contribution >= 0.6 is 0 Å². The first-order chi connectivity index (χ1) is 13.2. The van der Waals surface area contributed by atoms with E-state index in [1.165, 1.54) is 6.42 Å². The lowest BCUT2D eigenvalue weighted by molar-refractivity contribution is -0.127. The normalized spacial score (nSPS) is 34.3. The van der Waals surface area contributed by atoms with Crippen LogP contribution in [0.5, 0.6) is 0 Å². The quantitative estimate of drug-likeness (QED) is 0.618. The standard InChI is InChI=1S/C19H30N6O2/c20-17-15-4-7-25(18(15)23-13-22-17)16-3-2-14(27-16)10-24-8-9-26-19(12-24)5-1-6-21-11-19/h4,7,14,16,21-22H,1-3,5-6,8-13,20H2. The second-order valence-electron chi connectivity index (χ2n) is 8.20. The zero-order chi connectivity index (χ0) is 18.3. The van der Waals surface area contributed by atoms with E-state index in [1.807, 2.05) is 6.07 Å². The van der Waals surface area contributed by atoms with E-state index >= 15 is 0 Å². The van der Waals surface area contributed by atoms with Gasteiger partial charge in [-0.2, -0.15) is 0 Å². The molecule has 0 saturated carbocycles. The first-order valence-corrected chi connectivity index (χ1v) is 10.2. The number of nitrogens with two attached hydrogens (primary N) is 1. The molecule has 8 heteroatoms. The fourth-order valence-corrected chi connectivity index (χ4v) is 4.93. The molecule has 4 aliphatic rings. The second kappa shape index (κ2) is 7.09. The molecule has 1 aromatic rings. The van der Waals surface area contributed by atoms with Gasteiger partial charge in [-0.1, -0.05) is 0 Å². The number of aromatic nitrogens is 1. The van der Waals surface area contributed by atoms with Crippen molar-refractivity contribution in [3.8, 4) is 0 Å². The topological polar surface area (TPSA) is 89.1 Å². The van der Waals surface area contributed by atoms with Gasteiger partial charge in [0.05, 0.1) is 23.5 Å². The highest BCUT2D eigenvalue weighted by atomic mass is 16.5. The van der Waals surface area contributed by atoms with Crippen molar-refractivity contribution >= 4 is 5.82 Å². The van der Waals surface area contributed by atoms with Crippen molar-refractivity contribution < 1.29 is 9.47 Å². The van der Waals surface area contributed by atoms with Crippen LogP contribution in [-0.2, 0) is 9.47 Å². The number of morpholine rings is 1. The Kier molecular flexibility index (Phi) is 4.59. The molecule has 27 heavy (non-hydrogen) atoms. The Labute approximate surface area is 159 Å². The predicted octanol–water partition coefficient (Wildman–Crippen LogP) is -1.18. The van der Waals surface area contributed by atoms with Gasteiger partial charge in [-0.25, -0.2) is 4.99 Å². The molecular formula is C19H30N6O2. The van der Waals surface area contributed by atoms with Gasteiger partial charge in [0.2, 0.25) is 0 Å². The van der Waals surface area contributed by atoms with Crippen molar-refractivity contribution in [2.45, 2.75) is 43.6 Å². The molecule has 4 N–H and O–H groups in total. The zero-order valence-corrected chi connectivity index (χ0v) is 15.8. The summed E-state index contributed by atoms with van der Waals surface area (Å²) in [5.74, 6) is 0.702. The van der Waals surface area contributed by atoms with Crippen molar-refractivity contribution in [2.24, 2.45) is 10.7 Å². The molecule has 8 nitrogen and oxygen atoms in total. The van der Waals surface area contributed by atoms with Gasteiger partial charge >= 0.3 is 0 Å². The molecule has 5 rings (SSSR count). The van der Waals surface area contributed by atoms with Crippen molar-refractivity contribution in [1.29, 1.82) is 0 Å². The SMILES string of the molecule is NC1=c2ccn(C3CCC(CN4CCOC5(CCCNC5)C4)O3)c2=NCN1. The van der Waals surface area contributed by atoms with Crippen LogP contribution < -0.4 is 27.1 Å². The molecule has 3 atom stereocenters. The maximum absolute atomic E-state index is 6.42. The molecule has 1 aromatic heterocycles. The Bertz CT molecular complexity index is 794. The average molecular weight is 374 g/mol. The van der Waals surface area contributed by atoms with Gasteiger partial charge < -0.3 is 30.4 Å². The van der Waals surface area contributed by atoms with Crippen molar-refractivity contribution in [3.05, 3.63) is 23.0 Å². The van der Waals surface area contributed by atoms with Gasteiger partial charge in [-0.05, 0) is 38.3 Å². The second-order valence-corrected chi connectivity index (χ2v) is 8.20. The van der Waals surface area contributed by atoms with Gasteiger partial charge in [0, 0.05) is 32.4 Å². The first-order valence-electron chi connectivity index (χ1n) is 10.2. The number of nitrogens with zero attached hydrogens (tertiary/aromatic N) is 3. The van der Waals surface area contributed by atoms with Gasteiger partial charge in [-0.15, -0.1) is 0 Å². The molecule has 3 unspecified atom stereocenters. The molecule has 0 aromatic carbocycles. The minimum absolute atomic E-state index is 0.00719. The first kappa shape index (κ1) is 17.5. The fourth-order valence-electron chi connectivity index (χ4n) is 4.93. The van der Waals surface area contributed by atoms with E-state index in [4.69, 9.17) is 15.2 Å². The highest BCUT2D eigenvalue weighted by molar-refractivity contribution is 5.37. The number of nitrogens with one attached hydrogen (secondary N) is 2. The monoisotopic (exact) mass is 374 g/mol. The van der Waals surface area contributed by atoms with Crippen LogP contribution in [0.4, 0.5) is 0 Å². The lowest BCUT2D eigenvalue weighted by atomic mass is 9.92. The molecular weight excluding hydrogens is 344 g/mol. The molecule has 0 amide bonds. The number of piperidine rings is 1. The Morgan fingerprint density at radius 1 is 1.37 bits per heavy atom. The Morgan fingerprint density at radius 2 is 2.33 bits per heavy atom. The predicted molar refractivity (Wildman–Crippen MR) is 101 cm³/mol. The Balaban J connectivity index is 1.24. The van der Waals surface area contributed by atoms with Gasteiger partial charge in [0.1, 0.15) is 24.2 Å². The molecule has 5 heterocycles. The van der Waals surface area contributed by atoms with Gasteiger partial charge in [0.25, 0.3) is 0 Å². The maximum atomic E-state index is 6.42. The van der Waals surface area contributed by atoms with Crippen LogP contribution in [-0.4, -0.2) is 67.2 Å². The van der Waals surface area contributed by atoms with E-state index in [1.54, 1.807) is 0 Å². The van der Waals surface area contributed by atoms with Crippen LogP contribution in [0, 0.1) is 0 Å². The smallest absolute Gasteiger partial charge is 0.142 e. The molecule has 0 radical (unpaired) electrons. The van der Waals surface area contributed by atoms with E-state index in [2.05, 4.69) is 31.3 Å². The third kappa shape index (κ3) is 3.35. The van der Waals surface area contributed by atoms with E-state index in [-0.39, 0.29) is 17.9 Å². The van der Waals surface area contributed by atoms with Gasteiger partial charge in [-0.3, -0.25) is 4.90 Å². The van der Waals surface area contributed by atoms with Crippen molar-refractivity contribution in [1.82, 2.24) is 20.1 Å². The highest BCUT2D eigenvalue weighted by Gasteiger charge is 2.39. The lowest BCUT2D eigenvalue weighted by Crippen LogP contribution is -2.59. The Morgan fingerprint density at radius 3 is 3.22 bits per heavy atom. The van der Waals surface area contributed by atoms with Crippen LogP contribution in [0.1, 0.15) is 31.9 Å². The summed E-state index contributed by atoms with van der Waals surface area (Å²) in [4.78, 5) is 7.12. The third-order valence-electron chi connectivity index (χ3n) is 6.29. The van der Waals surface area contributed by atoms with Crippen molar-refractivity contribution in [3.63, 3.8) is 0 Å². The Hall–Kier alpha value is -1.61. The molecule has 3 fully saturated rings. The fraction of sp³-hybridized carbons (Fsp3) is 0.737. The van der Waals surface area contributed by atoms with E-state index in [0.717, 1.165) is 69.3 Å². The lowest BCUT2D eigenvalue weighted by Gasteiger charge is -2.45. The van der Waals surface area contributed by atoms with Gasteiger partial charge in [0.15, 0.2) is 0 Å². The molecule has 0 aliphatic carbocycles. The van der Waals surface area contributed by atoms with Crippen LogP contribution in [0.2, 0.25) is 0 Å². The number of ether oxygens (including phenoxy) is 2. The average Bonchev–Trinajstić information content (AvgIpc) is 3.30. The van der Waals surface area contributed by atoms with Crippen LogP contribution in [0.15, 0.2) is 17.3 Å². The summed E-state index contributed by atoms with van der Waals surface area (Å²) in [5, 5.41) is 7.57. The minimum atomic E-state index is 0.00719. The zero-order valence-electron chi connectivity index (χ0n) is 15.8. The number of fused-ring (bicyclic) bond motifs is 1. The van der Waals surface area contributed by atoms with E-state index in [9.17, 15) is 0 Å². The van der Waals surface area contributed by atoms with Crippen LogP contribution in [0.25, 0.3) is 5.82 Å². The van der Waals surface area contributed by atoms with E-state index < -0.39 is 0 Å². The summed E-state index contributed by atoms with van der Waals surface area (Å²) < 4.78 is 14.7. The van der Waals surface area contributed by atoms with Crippen LogP contribution in [0.3, 0.4) is 0 Å². The molecule has 4 aliphatic heterocycles. The summed E-state index contributed by atoms with van der Waals surface area (Å²) in [5.41, 5.74) is 6.99. The largest absolute Gasteiger partial charge is 0.385 e. The molecule has 148 valence electrons. The summed E-state index contributed by atoms with van der Waals surface area (Å²) in [7, 11) is 0. The number of rotatable bonds is 3. The molecule has 3 saturated heterocycles. The van der Waals surface area contributed by atoms with E-state index in [0.29, 0.717) is 12.5 Å². The summed E-state index contributed by atoms with van der Waals surface area (Å²) in [6.45, 7) is 6.43. The summed E-state index contributed by atoms with van der Waals surface area (Å²) in [6, 6.07) is 2.03. The summed E-state index contributed by atoms with van der Waals surface area (Å²) >= 11 is 0. The number of hydrogen-bond acceptors (Lipinski definition) is 7. The number of hydrogen-bond donors (Lipinski definition) is 3.